The second-order valence-electron chi connectivity index (χ2n) is 4.75. The van der Waals surface area contributed by atoms with Crippen LogP contribution in [-0.4, -0.2) is 15.2 Å². The molecule has 106 valence electrons. The van der Waals surface area contributed by atoms with E-state index in [1.807, 2.05) is 0 Å². The highest BCUT2D eigenvalue weighted by Gasteiger charge is 2.06. The first kappa shape index (κ1) is 14.6. The number of halogens is 1. The lowest BCUT2D eigenvalue weighted by Gasteiger charge is -1.98. The van der Waals surface area contributed by atoms with Crippen molar-refractivity contribution in [3.63, 3.8) is 0 Å². The van der Waals surface area contributed by atoms with E-state index in [-0.39, 0.29) is 0 Å². The molecule has 0 spiro atoms. The zero-order valence-electron chi connectivity index (χ0n) is 11.5. The van der Waals surface area contributed by atoms with Crippen LogP contribution in [0.3, 0.4) is 0 Å². The number of H-pyrrole nitrogens is 1. The molecule has 5 heteroatoms. The fourth-order valence-electron chi connectivity index (χ4n) is 1.88. The van der Waals surface area contributed by atoms with Gasteiger partial charge in [-0.1, -0.05) is 53.7 Å². The van der Waals surface area contributed by atoms with E-state index >= 15 is 0 Å². The molecule has 1 heterocycles. The fraction of sp³-hybridized carbons (Fsp3) is 0.125. The Labute approximate surface area is 141 Å². The van der Waals surface area contributed by atoms with Crippen molar-refractivity contribution in [3.8, 4) is 11.4 Å². The van der Waals surface area contributed by atoms with E-state index in [0.29, 0.717) is 0 Å². The molecule has 0 bridgehead atoms. The summed E-state index contributed by atoms with van der Waals surface area (Å²) in [5.41, 5.74) is 3.59. The van der Waals surface area contributed by atoms with Gasteiger partial charge >= 0.3 is 0 Å². The quantitative estimate of drug-likeness (QED) is 0.505. The van der Waals surface area contributed by atoms with Crippen molar-refractivity contribution in [3.05, 3.63) is 63.2 Å². The van der Waals surface area contributed by atoms with Crippen LogP contribution in [0.4, 0.5) is 0 Å². The van der Waals surface area contributed by atoms with Crippen molar-refractivity contribution in [1.82, 2.24) is 15.2 Å². The number of aromatic amines is 1. The second-order valence-corrected chi connectivity index (χ2v) is 6.94. The lowest BCUT2D eigenvalue weighted by molar-refractivity contribution is 0.973. The van der Waals surface area contributed by atoms with E-state index in [9.17, 15) is 0 Å². The van der Waals surface area contributed by atoms with Gasteiger partial charge in [-0.15, -0.1) is 5.10 Å². The summed E-state index contributed by atoms with van der Waals surface area (Å²) in [7, 11) is 0. The van der Waals surface area contributed by atoms with Crippen LogP contribution in [-0.2, 0) is 5.75 Å². The number of hydrogen-bond donors (Lipinski definition) is 1. The van der Waals surface area contributed by atoms with Crippen LogP contribution < -0.4 is 0 Å². The van der Waals surface area contributed by atoms with E-state index < -0.39 is 0 Å². The molecule has 3 rings (SSSR count). The van der Waals surface area contributed by atoms with Crippen molar-refractivity contribution in [2.45, 2.75) is 17.8 Å². The van der Waals surface area contributed by atoms with Gasteiger partial charge in [0.1, 0.15) is 0 Å². The van der Waals surface area contributed by atoms with Crippen molar-refractivity contribution in [2.24, 2.45) is 0 Å². The molecule has 0 amide bonds. The van der Waals surface area contributed by atoms with Gasteiger partial charge in [0.25, 0.3) is 0 Å². The average molecular weight is 407 g/mol. The highest BCUT2D eigenvalue weighted by molar-refractivity contribution is 14.1. The van der Waals surface area contributed by atoms with E-state index in [2.05, 4.69) is 93.2 Å². The normalized spacial score (nSPS) is 10.8. The molecule has 0 aliphatic carbocycles. The summed E-state index contributed by atoms with van der Waals surface area (Å²) in [6.07, 6.45) is 0. The van der Waals surface area contributed by atoms with E-state index in [4.69, 9.17) is 0 Å². The van der Waals surface area contributed by atoms with Crippen LogP contribution in [0.1, 0.15) is 11.1 Å². The molecule has 0 aliphatic heterocycles. The van der Waals surface area contributed by atoms with E-state index in [0.717, 1.165) is 22.3 Å². The predicted octanol–water partition coefficient (Wildman–Crippen LogP) is 4.68. The van der Waals surface area contributed by atoms with Gasteiger partial charge in [-0.3, -0.25) is 5.10 Å². The Hall–Kier alpha value is -1.34. The van der Waals surface area contributed by atoms with Gasteiger partial charge in [-0.05, 0) is 47.2 Å². The zero-order chi connectivity index (χ0) is 14.7. The molecule has 21 heavy (non-hydrogen) atoms. The average Bonchev–Trinajstić information content (AvgIpc) is 2.96. The SMILES string of the molecule is Cc1ccc(-c2nc(SCc3ccc(I)cc3)n[nH]2)cc1. The van der Waals surface area contributed by atoms with Crippen LogP contribution in [0.15, 0.2) is 53.7 Å². The smallest absolute Gasteiger partial charge is 0.209 e. The Balaban J connectivity index is 1.67. The number of rotatable bonds is 4. The Morgan fingerprint density at radius 2 is 1.76 bits per heavy atom. The molecule has 3 aromatic rings. The molecule has 0 fully saturated rings. The summed E-state index contributed by atoms with van der Waals surface area (Å²) in [5, 5.41) is 8.06. The molecule has 0 atom stereocenters. The minimum atomic E-state index is 0.782. The number of aryl methyl sites for hydroxylation is 1. The number of aromatic nitrogens is 3. The lowest BCUT2D eigenvalue weighted by atomic mass is 10.1. The number of nitrogens with one attached hydrogen (secondary N) is 1. The third kappa shape index (κ3) is 3.85. The van der Waals surface area contributed by atoms with Gasteiger partial charge in [0.15, 0.2) is 5.82 Å². The van der Waals surface area contributed by atoms with Crippen LogP contribution in [0, 0.1) is 10.5 Å². The van der Waals surface area contributed by atoms with E-state index in [1.54, 1.807) is 11.8 Å². The molecule has 1 aromatic heterocycles. The molecule has 0 aliphatic rings. The minimum absolute atomic E-state index is 0.782. The summed E-state index contributed by atoms with van der Waals surface area (Å²) in [5.74, 6) is 1.70. The first-order chi connectivity index (χ1) is 10.2. The molecule has 0 saturated carbocycles. The van der Waals surface area contributed by atoms with Crippen molar-refractivity contribution >= 4 is 34.4 Å². The van der Waals surface area contributed by atoms with Crippen LogP contribution in [0.2, 0.25) is 0 Å². The van der Waals surface area contributed by atoms with Crippen molar-refractivity contribution < 1.29 is 0 Å². The maximum Gasteiger partial charge on any atom is 0.209 e. The third-order valence-corrected chi connectivity index (χ3v) is 4.71. The molecule has 0 saturated heterocycles. The van der Waals surface area contributed by atoms with Gasteiger partial charge in [-0.2, -0.15) is 0 Å². The molecule has 0 radical (unpaired) electrons. The Kier molecular flexibility index (Phi) is 4.60. The predicted molar refractivity (Wildman–Crippen MR) is 95.3 cm³/mol. The highest BCUT2D eigenvalue weighted by atomic mass is 127. The Bertz CT molecular complexity index is 720. The zero-order valence-corrected chi connectivity index (χ0v) is 14.5. The summed E-state index contributed by atoms with van der Waals surface area (Å²) < 4.78 is 1.25. The number of benzene rings is 2. The largest absolute Gasteiger partial charge is 0.258 e. The van der Waals surface area contributed by atoms with Gasteiger partial charge in [0.05, 0.1) is 0 Å². The van der Waals surface area contributed by atoms with E-state index in [1.165, 1.54) is 14.7 Å². The molecular weight excluding hydrogens is 393 g/mol. The first-order valence-electron chi connectivity index (χ1n) is 6.57. The summed E-state index contributed by atoms with van der Waals surface area (Å²) >= 11 is 3.95. The summed E-state index contributed by atoms with van der Waals surface area (Å²) in [4.78, 5) is 4.54. The van der Waals surface area contributed by atoms with Gasteiger partial charge in [0.2, 0.25) is 5.16 Å². The van der Waals surface area contributed by atoms with Gasteiger partial charge in [0, 0.05) is 14.9 Å². The molecule has 2 aromatic carbocycles. The van der Waals surface area contributed by atoms with Crippen LogP contribution in [0.25, 0.3) is 11.4 Å². The molecular formula is C16H14IN3S. The lowest BCUT2D eigenvalue weighted by Crippen LogP contribution is -1.83. The number of nitrogens with zero attached hydrogens (tertiary/aromatic N) is 2. The molecule has 3 nitrogen and oxygen atoms in total. The first-order valence-corrected chi connectivity index (χ1v) is 8.64. The minimum Gasteiger partial charge on any atom is -0.258 e. The third-order valence-electron chi connectivity index (χ3n) is 3.07. The topological polar surface area (TPSA) is 41.6 Å². The molecule has 0 unspecified atom stereocenters. The number of hydrogen-bond acceptors (Lipinski definition) is 3. The fourth-order valence-corrected chi connectivity index (χ4v) is 2.99. The maximum atomic E-state index is 4.54. The van der Waals surface area contributed by atoms with Gasteiger partial charge < -0.3 is 0 Å². The van der Waals surface area contributed by atoms with Gasteiger partial charge in [-0.25, -0.2) is 4.98 Å². The van der Waals surface area contributed by atoms with Crippen molar-refractivity contribution in [2.75, 3.05) is 0 Å². The van der Waals surface area contributed by atoms with Crippen LogP contribution >= 0.6 is 34.4 Å². The van der Waals surface area contributed by atoms with Crippen LogP contribution in [0.5, 0.6) is 0 Å². The Morgan fingerprint density at radius 3 is 2.48 bits per heavy atom. The Morgan fingerprint density at radius 1 is 1.05 bits per heavy atom. The molecule has 1 N–H and O–H groups in total. The standard InChI is InChI=1S/C16H14IN3S/c1-11-2-6-13(7-3-11)15-18-16(20-19-15)21-10-12-4-8-14(17)9-5-12/h2-9H,10H2,1H3,(H,18,19,20). The monoisotopic (exact) mass is 407 g/mol. The second kappa shape index (κ2) is 6.62. The highest BCUT2D eigenvalue weighted by Crippen LogP contribution is 2.22. The maximum absolute atomic E-state index is 4.54. The summed E-state index contributed by atoms with van der Waals surface area (Å²) in [6.45, 7) is 2.08. The number of thioether (sulfide) groups is 1. The summed E-state index contributed by atoms with van der Waals surface area (Å²) in [6, 6.07) is 16.8. The van der Waals surface area contributed by atoms with Crippen molar-refractivity contribution in [1.29, 1.82) is 0 Å².